The number of carbonyl (C=O) groups is 2. The van der Waals surface area contributed by atoms with Gasteiger partial charge in [0.1, 0.15) is 10.8 Å². The maximum absolute atomic E-state index is 13.8. The van der Waals surface area contributed by atoms with E-state index in [1.54, 1.807) is 23.5 Å². The van der Waals surface area contributed by atoms with Crippen LogP contribution >= 0.6 is 22.9 Å². The highest BCUT2D eigenvalue weighted by molar-refractivity contribution is 7.21. The molecule has 1 aromatic heterocycles. The highest BCUT2D eigenvalue weighted by Crippen LogP contribution is 2.31. The molecule has 0 bridgehead atoms. The fourth-order valence-electron chi connectivity index (χ4n) is 3.09. The Labute approximate surface area is 192 Å². The molecule has 162 valence electrons. The lowest BCUT2D eigenvalue weighted by molar-refractivity contribution is -0.146. The fraction of sp³-hybridized carbons (Fsp3) is 0.125. The minimum absolute atomic E-state index is 0.0418. The lowest BCUT2D eigenvalue weighted by Gasteiger charge is -2.08. The number of thiazole rings is 1. The van der Waals surface area contributed by atoms with Gasteiger partial charge in [-0.3, -0.25) is 9.59 Å². The normalized spacial score (nSPS) is 10.8. The lowest BCUT2D eigenvalue weighted by atomic mass is 10.1. The van der Waals surface area contributed by atoms with Gasteiger partial charge in [-0.25, -0.2) is 9.37 Å². The van der Waals surface area contributed by atoms with Crippen LogP contribution in [0, 0.1) is 12.7 Å². The van der Waals surface area contributed by atoms with Crippen LogP contribution in [0.15, 0.2) is 60.7 Å². The van der Waals surface area contributed by atoms with Crippen molar-refractivity contribution in [3.05, 3.63) is 82.6 Å². The van der Waals surface area contributed by atoms with Crippen LogP contribution in [-0.2, 0) is 20.7 Å². The molecule has 0 aliphatic heterocycles. The summed E-state index contributed by atoms with van der Waals surface area (Å²) in [6, 6.07) is 17.5. The smallest absolute Gasteiger partial charge is 0.310 e. The Hall–Kier alpha value is -3.29. The lowest BCUT2D eigenvalue weighted by Crippen LogP contribution is -2.21. The zero-order valence-corrected chi connectivity index (χ0v) is 18.6. The molecule has 8 heteroatoms. The monoisotopic (exact) mass is 468 g/mol. The summed E-state index contributed by atoms with van der Waals surface area (Å²) >= 11 is 7.51. The summed E-state index contributed by atoms with van der Waals surface area (Å²) in [5.41, 5.74) is 3.68. The van der Waals surface area contributed by atoms with Crippen molar-refractivity contribution in [2.45, 2.75) is 13.3 Å². The second-order valence-electron chi connectivity index (χ2n) is 7.15. The summed E-state index contributed by atoms with van der Waals surface area (Å²) in [6.45, 7) is 1.56. The number of hydrogen-bond donors (Lipinski definition) is 1. The van der Waals surface area contributed by atoms with Crippen LogP contribution < -0.4 is 5.32 Å². The van der Waals surface area contributed by atoms with Crippen LogP contribution in [0.3, 0.4) is 0 Å². The minimum atomic E-state index is -0.742. The molecule has 0 unspecified atom stereocenters. The van der Waals surface area contributed by atoms with Crippen molar-refractivity contribution in [1.29, 1.82) is 0 Å². The van der Waals surface area contributed by atoms with E-state index in [0.717, 1.165) is 20.8 Å². The third kappa shape index (κ3) is 5.12. The molecule has 0 saturated carbocycles. The summed E-state index contributed by atoms with van der Waals surface area (Å²) in [7, 11) is 0. The Bertz CT molecular complexity index is 1280. The van der Waals surface area contributed by atoms with E-state index >= 15 is 0 Å². The van der Waals surface area contributed by atoms with E-state index in [-0.39, 0.29) is 17.0 Å². The SMILES string of the molecule is Cc1ccc2nc(-c3ccc(NC(=O)COC(=O)Cc4c(F)cccc4Cl)cc3)sc2c1. The number of carbonyl (C=O) groups excluding carboxylic acids is 2. The molecule has 5 nitrogen and oxygen atoms in total. The number of hydrogen-bond acceptors (Lipinski definition) is 5. The van der Waals surface area contributed by atoms with Gasteiger partial charge in [0.25, 0.3) is 5.91 Å². The molecule has 4 rings (SSSR count). The molecule has 0 aliphatic rings. The largest absolute Gasteiger partial charge is 0.455 e. The summed E-state index contributed by atoms with van der Waals surface area (Å²) in [5, 5.41) is 3.69. The van der Waals surface area contributed by atoms with Crippen molar-refractivity contribution in [2.75, 3.05) is 11.9 Å². The first-order valence-corrected chi connectivity index (χ1v) is 10.9. The molecule has 0 saturated heterocycles. The molecule has 0 radical (unpaired) electrons. The topological polar surface area (TPSA) is 68.3 Å². The minimum Gasteiger partial charge on any atom is -0.455 e. The second kappa shape index (κ2) is 9.46. The van der Waals surface area contributed by atoms with Crippen LogP contribution in [0.25, 0.3) is 20.8 Å². The van der Waals surface area contributed by atoms with Crippen LogP contribution in [0.5, 0.6) is 0 Å². The van der Waals surface area contributed by atoms with Gasteiger partial charge in [0.2, 0.25) is 0 Å². The number of anilines is 1. The van der Waals surface area contributed by atoms with Gasteiger partial charge in [-0.2, -0.15) is 0 Å². The molecule has 32 heavy (non-hydrogen) atoms. The van der Waals surface area contributed by atoms with Crippen molar-refractivity contribution in [3.8, 4) is 10.6 Å². The first-order chi connectivity index (χ1) is 15.4. The van der Waals surface area contributed by atoms with Gasteiger partial charge in [-0.05, 0) is 61.0 Å². The van der Waals surface area contributed by atoms with E-state index in [2.05, 4.69) is 16.4 Å². The van der Waals surface area contributed by atoms with Crippen molar-refractivity contribution in [1.82, 2.24) is 4.98 Å². The van der Waals surface area contributed by atoms with Crippen LogP contribution in [0.1, 0.15) is 11.1 Å². The standard InChI is InChI=1S/C24H18ClFN2O3S/c1-14-5-10-20-21(11-14)32-24(28-20)15-6-8-16(9-7-15)27-22(29)13-31-23(30)12-17-18(25)3-2-4-19(17)26/h2-11H,12-13H2,1H3,(H,27,29). The maximum Gasteiger partial charge on any atom is 0.310 e. The molecule has 0 fully saturated rings. The summed E-state index contributed by atoms with van der Waals surface area (Å²) < 4.78 is 19.8. The zero-order chi connectivity index (χ0) is 22.7. The summed E-state index contributed by atoms with van der Waals surface area (Å²) in [6.07, 6.45) is -0.352. The van der Waals surface area contributed by atoms with Gasteiger partial charge in [0.15, 0.2) is 6.61 Å². The Kier molecular flexibility index (Phi) is 6.48. The van der Waals surface area contributed by atoms with Gasteiger partial charge in [-0.1, -0.05) is 23.7 Å². The zero-order valence-electron chi connectivity index (χ0n) is 17.0. The Morgan fingerprint density at radius 1 is 1.12 bits per heavy atom. The molecule has 4 aromatic rings. The first kappa shape index (κ1) is 21.9. The van der Waals surface area contributed by atoms with E-state index in [4.69, 9.17) is 16.3 Å². The fourth-order valence-corrected chi connectivity index (χ4v) is 4.39. The van der Waals surface area contributed by atoms with E-state index in [9.17, 15) is 14.0 Å². The molecule has 0 atom stereocenters. The quantitative estimate of drug-likeness (QED) is 0.364. The number of fused-ring (bicyclic) bond motifs is 1. The number of nitrogens with zero attached hydrogens (tertiary/aromatic N) is 1. The van der Waals surface area contributed by atoms with E-state index in [1.807, 2.05) is 31.2 Å². The molecule has 1 amide bonds. The molecule has 0 spiro atoms. The van der Waals surface area contributed by atoms with E-state index < -0.39 is 24.3 Å². The van der Waals surface area contributed by atoms with Crippen LogP contribution in [0.4, 0.5) is 10.1 Å². The van der Waals surface area contributed by atoms with Gasteiger partial charge in [0.05, 0.1) is 16.6 Å². The molecule has 3 aromatic carbocycles. The molecular weight excluding hydrogens is 451 g/mol. The number of halogens is 2. The van der Waals surface area contributed by atoms with Crippen molar-refractivity contribution < 1.29 is 18.7 Å². The van der Waals surface area contributed by atoms with Gasteiger partial charge in [0, 0.05) is 21.8 Å². The van der Waals surface area contributed by atoms with Crippen LogP contribution in [0.2, 0.25) is 5.02 Å². The van der Waals surface area contributed by atoms with Crippen LogP contribution in [-0.4, -0.2) is 23.5 Å². The molecule has 1 heterocycles. The average Bonchev–Trinajstić information content (AvgIpc) is 3.19. The highest BCUT2D eigenvalue weighted by Gasteiger charge is 2.14. The van der Waals surface area contributed by atoms with Crippen molar-refractivity contribution >= 4 is 50.7 Å². The second-order valence-corrected chi connectivity index (χ2v) is 8.59. The Morgan fingerprint density at radius 2 is 1.91 bits per heavy atom. The predicted molar refractivity (Wildman–Crippen MR) is 124 cm³/mol. The van der Waals surface area contributed by atoms with Crippen molar-refractivity contribution in [3.63, 3.8) is 0 Å². The first-order valence-electron chi connectivity index (χ1n) is 9.75. The number of aryl methyl sites for hydroxylation is 1. The van der Waals surface area contributed by atoms with Gasteiger partial charge < -0.3 is 10.1 Å². The Balaban J connectivity index is 1.33. The Morgan fingerprint density at radius 3 is 2.66 bits per heavy atom. The van der Waals surface area contributed by atoms with Gasteiger partial charge in [-0.15, -0.1) is 11.3 Å². The third-order valence-electron chi connectivity index (χ3n) is 4.71. The van der Waals surface area contributed by atoms with E-state index in [0.29, 0.717) is 5.69 Å². The maximum atomic E-state index is 13.8. The number of ether oxygens (including phenoxy) is 1. The molecule has 1 N–H and O–H groups in total. The molecular formula is C24H18ClFN2O3S. The number of esters is 1. The number of benzene rings is 3. The number of rotatable bonds is 6. The summed E-state index contributed by atoms with van der Waals surface area (Å²) in [4.78, 5) is 28.7. The average molecular weight is 469 g/mol. The molecule has 0 aliphatic carbocycles. The van der Waals surface area contributed by atoms with Gasteiger partial charge >= 0.3 is 5.97 Å². The van der Waals surface area contributed by atoms with E-state index in [1.165, 1.54) is 23.8 Å². The number of amides is 1. The number of aromatic nitrogens is 1. The van der Waals surface area contributed by atoms with Crippen molar-refractivity contribution in [2.24, 2.45) is 0 Å². The number of nitrogens with one attached hydrogen (secondary N) is 1. The third-order valence-corrected chi connectivity index (χ3v) is 6.13. The highest BCUT2D eigenvalue weighted by atomic mass is 35.5. The predicted octanol–water partition coefficient (Wildman–Crippen LogP) is 5.79. The summed E-state index contributed by atoms with van der Waals surface area (Å²) in [5.74, 6) is -1.84.